The number of nitrogen functional groups attached to an aromatic ring is 1. The second-order valence-electron chi connectivity index (χ2n) is 4.16. The first-order valence-electron chi connectivity index (χ1n) is 5.93. The Kier molecular flexibility index (Phi) is 4.27. The van der Waals surface area contributed by atoms with Crippen molar-refractivity contribution in [1.82, 2.24) is 10.9 Å². The van der Waals surface area contributed by atoms with E-state index in [0.29, 0.717) is 22.0 Å². The number of hydrazine groups is 1. The van der Waals surface area contributed by atoms with E-state index in [0.717, 1.165) is 5.56 Å². The van der Waals surface area contributed by atoms with Crippen molar-refractivity contribution < 1.29 is 4.79 Å². The van der Waals surface area contributed by atoms with Crippen LogP contribution in [0.2, 0.25) is 5.02 Å². The van der Waals surface area contributed by atoms with E-state index in [2.05, 4.69) is 17.4 Å². The van der Waals surface area contributed by atoms with Crippen molar-refractivity contribution in [2.45, 2.75) is 0 Å². The minimum Gasteiger partial charge on any atom is -0.399 e. The molecular formula is C15H14ClN3O. The molecule has 0 unspecified atom stereocenters. The molecule has 0 fully saturated rings. The number of nitrogens with one attached hydrogen (secondary N) is 2. The molecule has 0 aliphatic carbocycles. The van der Waals surface area contributed by atoms with Crippen LogP contribution in [-0.4, -0.2) is 5.91 Å². The highest BCUT2D eigenvalue weighted by molar-refractivity contribution is 6.33. The predicted molar refractivity (Wildman–Crippen MR) is 81.9 cm³/mol. The lowest BCUT2D eigenvalue weighted by Gasteiger charge is -2.12. The molecular weight excluding hydrogens is 274 g/mol. The van der Waals surface area contributed by atoms with Crippen LogP contribution in [0, 0.1) is 0 Å². The maximum absolute atomic E-state index is 11.9. The molecule has 4 nitrogen and oxygen atoms in total. The van der Waals surface area contributed by atoms with Gasteiger partial charge in [0.15, 0.2) is 0 Å². The van der Waals surface area contributed by atoms with Gasteiger partial charge in [0.05, 0.1) is 16.3 Å². The molecule has 2 aromatic rings. The topological polar surface area (TPSA) is 67.1 Å². The van der Waals surface area contributed by atoms with Crippen molar-refractivity contribution in [3.63, 3.8) is 0 Å². The van der Waals surface area contributed by atoms with Crippen LogP contribution in [0.4, 0.5) is 5.69 Å². The molecule has 0 aliphatic rings. The van der Waals surface area contributed by atoms with Crippen LogP contribution >= 0.6 is 11.6 Å². The summed E-state index contributed by atoms with van der Waals surface area (Å²) in [6, 6.07) is 14.0. The van der Waals surface area contributed by atoms with E-state index >= 15 is 0 Å². The van der Waals surface area contributed by atoms with Crippen LogP contribution in [0.3, 0.4) is 0 Å². The molecule has 0 aliphatic heterocycles. The summed E-state index contributed by atoms with van der Waals surface area (Å²) >= 11 is 5.94. The van der Waals surface area contributed by atoms with Gasteiger partial charge in [0.1, 0.15) is 0 Å². The van der Waals surface area contributed by atoms with Crippen LogP contribution < -0.4 is 16.6 Å². The molecule has 0 bridgehead atoms. The molecule has 102 valence electrons. The maximum Gasteiger partial charge on any atom is 0.271 e. The number of hydrogen-bond acceptors (Lipinski definition) is 3. The van der Waals surface area contributed by atoms with E-state index < -0.39 is 0 Å². The van der Waals surface area contributed by atoms with E-state index in [-0.39, 0.29) is 5.91 Å². The van der Waals surface area contributed by atoms with Crippen LogP contribution in [0.15, 0.2) is 55.1 Å². The first kappa shape index (κ1) is 14.0. The molecule has 2 rings (SSSR count). The van der Waals surface area contributed by atoms with Crippen molar-refractivity contribution >= 4 is 28.9 Å². The van der Waals surface area contributed by atoms with Crippen molar-refractivity contribution in [2.75, 3.05) is 5.73 Å². The van der Waals surface area contributed by atoms with Gasteiger partial charge in [0.25, 0.3) is 5.91 Å². The second kappa shape index (κ2) is 6.12. The zero-order valence-corrected chi connectivity index (χ0v) is 11.4. The Morgan fingerprint density at radius 3 is 2.35 bits per heavy atom. The van der Waals surface area contributed by atoms with E-state index in [1.54, 1.807) is 36.4 Å². The molecule has 1 amide bonds. The Labute approximate surface area is 122 Å². The number of carbonyl (C=O) groups excluding carboxylic acids is 1. The van der Waals surface area contributed by atoms with Gasteiger partial charge in [0, 0.05) is 5.69 Å². The summed E-state index contributed by atoms with van der Waals surface area (Å²) in [7, 11) is 0. The third kappa shape index (κ3) is 3.30. The van der Waals surface area contributed by atoms with Gasteiger partial charge in [-0.15, -0.1) is 0 Å². The normalized spacial score (nSPS) is 9.85. The third-order valence-electron chi connectivity index (χ3n) is 2.70. The second-order valence-corrected chi connectivity index (χ2v) is 4.57. The largest absolute Gasteiger partial charge is 0.399 e. The molecule has 5 heteroatoms. The molecule has 0 aromatic heterocycles. The smallest absolute Gasteiger partial charge is 0.271 e. The molecule has 0 atom stereocenters. The van der Waals surface area contributed by atoms with Gasteiger partial charge in [-0.05, 0) is 29.8 Å². The van der Waals surface area contributed by atoms with E-state index in [9.17, 15) is 4.79 Å². The number of benzene rings is 2. The van der Waals surface area contributed by atoms with Crippen LogP contribution in [0.5, 0.6) is 0 Å². The Morgan fingerprint density at radius 2 is 1.70 bits per heavy atom. The first-order valence-corrected chi connectivity index (χ1v) is 6.31. The van der Waals surface area contributed by atoms with Crippen molar-refractivity contribution in [2.24, 2.45) is 0 Å². The fourth-order valence-corrected chi connectivity index (χ4v) is 1.82. The molecule has 0 saturated carbocycles. The SMILES string of the molecule is C=C(NNC(=O)c1ccccc1Cl)c1ccc(N)cc1. The molecule has 0 radical (unpaired) electrons. The number of anilines is 1. The van der Waals surface area contributed by atoms with Gasteiger partial charge >= 0.3 is 0 Å². The van der Waals surface area contributed by atoms with Gasteiger partial charge in [-0.25, -0.2) is 0 Å². The maximum atomic E-state index is 11.9. The summed E-state index contributed by atoms with van der Waals surface area (Å²) < 4.78 is 0. The predicted octanol–water partition coefficient (Wildman–Crippen LogP) is 2.83. The van der Waals surface area contributed by atoms with E-state index in [1.807, 2.05) is 12.1 Å². The Hall–Kier alpha value is -2.46. The highest BCUT2D eigenvalue weighted by Gasteiger charge is 2.09. The summed E-state index contributed by atoms with van der Waals surface area (Å²) in [5, 5.41) is 0.393. The number of carbonyl (C=O) groups is 1. The zero-order chi connectivity index (χ0) is 14.5. The Balaban J connectivity index is 1.99. The van der Waals surface area contributed by atoms with Gasteiger partial charge in [-0.3, -0.25) is 15.6 Å². The lowest BCUT2D eigenvalue weighted by atomic mass is 10.1. The van der Waals surface area contributed by atoms with Gasteiger partial charge < -0.3 is 5.73 Å². The third-order valence-corrected chi connectivity index (χ3v) is 3.03. The van der Waals surface area contributed by atoms with Gasteiger partial charge in [-0.2, -0.15) is 0 Å². The lowest BCUT2D eigenvalue weighted by molar-refractivity contribution is 0.0942. The van der Waals surface area contributed by atoms with Crippen molar-refractivity contribution in [3.8, 4) is 0 Å². The monoisotopic (exact) mass is 287 g/mol. The van der Waals surface area contributed by atoms with E-state index in [1.165, 1.54) is 0 Å². The van der Waals surface area contributed by atoms with Crippen LogP contribution in [0.1, 0.15) is 15.9 Å². The summed E-state index contributed by atoms with van der Waals surface area (Å²) in [5.74, 6) is -0.327. The Bertz CT molecular complexity index is 638. The summed E-state index contributed by atoms with van der Waals surface area (Å²) in [6.07, 6.45) is 0. The minimum atomic E-state index is -0.327. The number of rotatable bonds is 4. The van der Waals surface area contributed by atoms with Crippen LogP contribution in [0.25, 0.3) is 5.70 Å². The summed E-state index contributed by atoms with van der Waals surface area (Å²) in [5.41, 5.74) is 13.4. The molecule has 0 heterocycles. The Morgan fingerprint density at radius 1 is 1.05 bits per heavy atom. The summed E-state index contributed by atoms with van der Waals surface area (Å²) in [4.78, 5) is 11.9. The fraction of sp³-hybridized carbons (Fsp3) is 0. The minimum absolute atomic E-state index is 0.327. The van der Waals surface area contributed by atoms with Crippen molar-refractivity contribution in [1.29, 1.82) is 0 Å². The highest BCUT2D eigenvalue weighted by atomic mass is 35.5. The number of amides is 1. The van der Waals surface area contributed by atoms with E-state index in [4.69, 9.17) is 17.3 Å². The van der Waals surface area contributed by atoms with Crippen LogP contribution in [-0.2, 0) is 0 Å². The average molecular weight is 288 g/mol. The highest BCUT2D eigenvalue weighted by Crippen LogP contribution is 2.15. The molecule has 20 heavy (non-hydrogen) atoms. The zero-order valence-electron chi connectivity index (χ0n) is 10.7. The molecule has 0 spiro atoms. The molecule has 4 N–H and O–H groups in total. The van der Waals surface area contributed by atoms with Crippen molar-refractivity contribution in [3.05, 3.63) is 71.3 Å². The molecule has 0 saturated heterocycles. The number of hydrogen-bond donors (Lipinski definition) is 3. The molecule has 2 aromatic carbocycles. The first-order chi connectivity index (χ1) is 9.58. The van der Waals surface area contributed by atoms with Gasteiger partial charge in [0.2, 0.25) is 0 Å². The average Bonchev–Trinajstić information content (AvgIpc) is 2.45. The fourth-order valence-electron chi connectivity index (χ4n) is 1.60. The number of halogens is 1. The quantitative estimate of drug-likeness (QED) is 0.598. The lowest BCUT2D eigenvalue weighted by Crippen LogP contribution is -2.35. The summed E-state index contributed by atoms with van der Waals surface area (Å²) in [6.45, 7) is 3.84. The standard InChI is InChI=1S/C15H14ClN3O/c1-10(11-6-8-12(17)9-7-11)18-19-15(20)13-4-2-3-5-14(13)16/h2-9,18H,1,17H2,(H,19,20). The van der Waals surface area contributed by atoms with Gasteiger partial charge in [-0.1, -0.05) is 42.4 Å². The number of nitrogens with two attached hydrogens (primary N) is 1.